The van der Waals surface area contributed by atoms with Crippen LogP contribution in [-0.2, 0) is 0 Å². The van der Waals surface area contributed by atoms with Crippen molar-refractivity contribution in [1.29, 1.82) is 0 Å². The molecule has 3 aromatic carbocycles. The number of thiophene rings is 1. The Morgan fingerprint density at radius 1 is 1.00 bits per heavy atom. The van der Waals surface area contributed by atoms with Crippen LogP contribution in [0.3, 0.4) is 0 Å². The van der Waals surface area contributed by atoms with Gasteiger partial charge in [-0.2, -0.15) is 0 Å². The van der Waals surface area contributed by atoms with Crippen LogP contribution in [0, 0.1) is 6.92 Å². The normalized spacial score (nSPS) is 14.4. The summed E-state index contributed by atoms with van der Waals surface area (Å²) in [6.07, 6.45) is 3.90. The number of piperidine rings is 1. The Labute approximate surface area is 209 Å². The fraction of sp³-hybridized carbons (Fsp3) is 0.276. The van der Waals surface area contributed by atoms with E-state index in [1.54, 1.807) is 11.3 Å². The van der Waals surface area contributed by atoms with Gasteiger partial charge in [0.25, 0.3) is 0 Å². The Morgan fingerprint density at radius 3 is 2.53 bits per heavy atom. The van der Waals surface area contributed by atoms with E-state index >= 15 is 0 Å². The first kappa shape index (κ1) is 23.1. The number of carbonyl (C=O) groups excluding carboxylic acids is 1. The molecule has 0 aliphatic carbocycles. The lowest BCUT2D eigenvalue weighted by Crippen LogP contribution is -2.33. The average Bonchev–Trinajstić information content (AvgIpc) is 3.23. The molecule has 0 radical (unpaired) electrons. The van der Waals surface area contributed by atoms with Crippen molar-refractivity contribution in [1.82, 2.24) is 4.90 Å². The third-order valence-electron chi connectivity index (χ3n) is 6.43. The Kier molecular flexibility index (Phi) is 7.00. The van der Waals surface area contributed by atoms with E-state index in [-0.39, 0.29) is 5.78 Å². The zero-order valence-corrected chi connectivity index (χ0v) is 20.9. The van der Waals surface area contributed by atoms with Gasteiger partial charge in [0, 0.05) is 43.2 Å². The topological polar surface area (TPSA) is 29.5 Å². The van der Waals surface area contributed by atoms with Crippen LogP contribution in [0.25, 0.3) is 20.5 Å². The molecule has 1 aromatic heterocycles. The van der Waals surface area contributed by atoms with Crippen LogP contribution < -0.4 is 4.74 Å². The number of ketones is 1. The van der Waals surface area contributed by atoms with Gasteiger partial charge in [-0.05, 0) is 74.8 Å². The molecule has 0 amide bonds. The number of benzene rings is 3. The molecule has 5 rings (SSSR count). The molecule has 0 spiro atoms. The van der Waals surface area contributed by atoms with Gasteiger partial charge in [0.1, 0.15) is 12.4 Å². The van der Waals surface area contributed by atoms with Crippen molar-refractivity contribution in [2.24, 2.45) is 0 Å². The van der Waals surface area contributed by atoms with Gasteiger partial charge in [-0.3, -0.25) is 9.69 Å². The SMILES string of the molecule is Cc1ccc2c(C(=O)c3ccc(OCCN4CCCCC4)cc3)c(-c3ccccc3Cl)sc2c1. The van der Waals surface area contributed by atoms with Crippen LogP contribution in [0.2, 0.25) is 5.02 Å². The summed E-state index contributed by atoms with van der Waals surface area (Å²) >= 11 is 8.16. The average molecular weight is 490 g/mol. The number of nitrogens with zero attached hydrogens (tertiary/aromatic N) is 1. The second kappa shape index (κ2) is 10.3. The number of fused-ring (bicyclic) bond motifs is 1. The second-order valence-electron chi connectivity index (χ2n) is 8.89. The third kappa shape index (κ3) is 4.90. The molecule has 4 aromatic rings. The first-order chi connectivity index (χ1) is 16.6. The molecule has 0 unspecified atom stereocenters. The zero-order chi connectivity index (χ0) is 23.5. The van der Waals surface area contributed by atoms with Crippen LogP contribution in [0.1, 0.15) is 40.7 Å². The molecular weight excluding hydrogens is 462 g/mol. The second-order valence-corrected chi connectivity index (χ2v) is 10.3. The minimum atomic E-state index is 0.00453. The van der Waals surface area contributed by atoms with E-state index < -0.39 is 0 Å². The van der Waals surface area contributed by atoms with Crippen molar-refractivity contribution in [3.8, 4) is 16.2 Å². The van der Waals surface area contributed by atoms with Crippen molar-refractivity contribution in [3.63, 3.8) is 0 Å². The maximum Gasteiger partial charge on any atom is 0.195 e. The minimum absolute atomic E-state index is 0.00453. The van der Waals surface area contributed by atoms with Crippen LogP contribution >= 0.6 is 22.9 Å². The summed E-state index contributed by atoms with van der Waals surface area (Å²) in [7, 11) is 0. The third-order valence-corrected chi connectivity index (χ3v) is 7.95. The van der Waals surface area contributed by atoms with Crippen LogP contribution in [-0.4, -0.2) is 36.9 Å². The molecule has 3 nitrogen and oxygen atoms in total. The number of aryl methyl sites for hydroxylation is 1. The van der Waals surface area contributed by atoms with Gasteiger partial charge in [-0.15, -0.1) is 11.3 Å². The molecule has 2 heterocycles. The number of hydrogen-bond donors (Lipinski definition) is 0. The van der Waals surface area contributed by atoms with Gasteiger partial charge in [0.2, 0.25) is 0 Å². The highest BCUT2D eigenvalue weighted by Gasteiger charge is 2.23. The van der Waals surface area contributed by atoms with Gasteiger partial charge >= 0.3 is 0 Å². The van der Waals surface area contributed by atoms with Crippen molar-refractivity contribution in [3.05, 3.63) is 88.4 Å². The predicted octanol–water partition coefficient (Wildman–Crippen LogP) is 7.63. The lowest BCUT2D eigenvalue weighted by molar-refractivity contribution is 0.104. The fourth-order valence-electron chi connectivity index (χ4n) is 4.59. The largest absolute Gasteiger partial charge is 0.492 e. The highest BCUT2D eigenvalue weighted by molar-refractivity contribution is 7.22. The van der Waals surface area contributed by atoms with Crippen molar-refractivity contribution >= 4 is 38.8 Å². The fourth-order valence-corrected chi connectivity index (χ4v) is 6.21. The van der Waals surface area contributed by atoms with E-state index in [4.69, 9.17) is 16.3 Å². The number of halogens is 1. The molecule has 0 bridgehead atoms. The standard InChI is InChI=1S/C29H28ClNO2S/c1-20-9-14-24-26(19-20)34-29(23-7-3-4-8-25(23)30)27(24)28(32)21-10-12-22(13-11-21)33-18-17-31-15-5-2-6-16-31/h3-4,7-14,19H,2,5-6,15-18H2,1H3. The van der Waals surface area contributed by atoms with Gasteiger partial charge in [-0.25, -0.2) is 0 Å². The smallest absolute Gasteiger partial charge is 0.195 e. The highest BCUT2D eigenvalue weighted by atomic mass is 35.5. The van der Waals surface area contributed by atoms with Crippen molar-refractivity contribution < 1.29 is 9.53 Å². The number of carbonyl (C=O) groups is 1. The molecule has 0 saturated carbocycles. The quantitative estimate of drug-likeness (QED) is 0.250. The van der Waals surface area contributed by atoms with Gasteiger partial charge in [0.05, 0.1) is 0 Å². The van der Waals surface area contributed by atoms with Crippen LogP contribution in [0.5, 0.6) is 5.75 Å². The van der Waals surface area contributed by atoms with E-state index in [2.05, 4.69) is 24.0 Å². The van der Waals surface area contributed by atoms with Crippen molar-refractivity contribution in [2.45, 2.75) is 26.2 Å². The molecule has 0 N–H and O–H groups in total. The summed E-state index contributed by atoms with van der Waals surface area (Å²) in [6, 6.07) is 21.5. The number of likely N-dealkylation sites (tertiary alicyclic amines) is 1. The molecule has 0 atom stereocenters. The Balaban J connectivity index is 1.40. The maximum atomic E-state index is 13.8. The monoisotopic (exact) mass is 489 g/mol. The molecule has 1 aliphatic heterocycles. The Morgan fingerprint density at radius 2 is 1.76 bits per heavy atom. The highest BCUT2D eigenvalue weighted by Crippen LogP contribution is 2.42. The lowest BCUT2D eigenvalue weighted by atomic mass is 9.97. The first-order valence-electron chi connectivity index (χ1n) is 11.9. The van der Waals surface area contributed by atoms with E-state index in [9.17, 15) is 4.79 Å². The first-order valence-corrected chi connectivity index (χ1v) is 13.1. The van der Waals surface area contributed by atoms with Crippen molar-refractivity contribution in [2.75, 3.05) is 26.2 Å². The minimum Gasteiger partial charge on any atom is -0.492 e. The lowest BCUT2D eigenvalue weighted by Gasteiger charge is -2.26. The molecule has 1 aliphatic rings. The number of hydrogen-bond acceptors (Lipinski definition) is 4. The van der Waals surface area contributed by atoms with Crippen LogP contribution in [0.4, 0.5) is 0 Å². The molecule has 34 heavy (non-hydrogen) atoms. The Hall–Kier alpha value is -2.66. The molecular formula is C29H28ClNO2S. The van der Waals surface area contributed by atoms with E-state index in [0.29, 0.717) is 22.8 Å². The summed E-state index contributed by atoms with van der Waals surface area (Å²) in [5, 5.41) is 1.62. The summed E-state index contributed by atoms with van der Waals surface area (Å²) in [5.41, 5.74) is 3.43. The maximum absolute atomic E-state index is 13.8. The summed E-state index contributed by atoms with van der Waals surface area (Å²) in [5.74, 6) is 0.801. The Bertz CT molecular complexity index is 1310. The summed E-state index contributed by atoms with van der Waals surface area (Å²) in [4.78, 5) is 17.1. The number of rotatable bonds is 7. The van der Waals surface area contributed by atoms with E-state index in [0.717, 1.165) is 32.8 Å². The molecule has 174 valence electrons. The number of ether oxygens (including phenoxy) is 1. The van der Waals surface area contributed by atoms with E-state index in [1.807, 2.05) is 54.6 Å². The summed E-state index contributed by atoms with van der Waals surface area (Å²) < 4.78 is 7.05. The van der Waals surface area contributed by atoms with Gasteiger partial charge in [-0.1, -0.05) is 48.4 Å². The van der Waals surface area contributed by atoms with Gasteiger partial charge in [0.15, 0.2) is 5.78 Å². The molecule has 1 saturated heterocycles. The predicted molar refractivity (Wildman–Crippen MR) is 143 cm³/mol. The van der Waals surface area contributed by atoms with Gasteiger partial charge < -0.3 is 4.74 Å². The zero-order valence-electron chi connectivity index (χ0n) is 19.4. The summed E-state index contributed by atoms with van der Waals surface area (Å²) in [6.45, 7) is 6.01. The van der Waals surface area contributed by atoms with Crippen LogP contribution in [0.15, 0.2) is 66.7 Å². The molecule has 5 heteroatoms. The molecule has 1 fully saturated rings. The van der Waals surface area contributed by atoms with E-state index in [1.165, 1.54) is 37.9 Å².